The number of thioether (sulfide) groups is 1. The van der Waals surface area contributed by atoms with Gasteiger partial charge in [0.1, 0.15) is 4.99 Å². The fraction of sp³-hybridized carbons (Fsp3) is 0.545. The molecular formula is C11H16N4S2. The van der Waals surface area contributed by atoms with Crippen LogP contribution >= 0.6 is 24.0 Å². The molecule has 1 aromatic heterocycles. The SMILES string of the molecule is CC1(CNc2nnccc2C(N)=S)CCCS1. The lowest BCUT2D eigenvalue weighted by atomic mass is 10.1. The minimum atomic E-state index is 0.283. The second kappa shape index (κ2) is 5.18. The van der Waals surface area contributed by atoms with Gasteiger partial charge in [0.15, 0.2) is 5.82 Å². The number of hydrogen-bond acceptors (Lipinski definition) is 5. The first-order chi connectivity index (χ1) is 8.11. The van der Waals surface area contributed by atoms with E-state index in [1.165, 1.54) is 18.6 Å². The van der Waals surface area contributed by atoms with Crippen LogP contribution in [0.5, 0.6) is 0 Å². The Morgan fingerprint density at radius 3 is 3.18 bits per heavy atom. The van der Waals surface area contributed by atoms with Crippen molar-refractivity contribution in [3.8, 4) is 0 Å². The Kier molecular flexibility index (Phi) is 3.83. The van der Waals surface area contributed by atoms with E-state index in [9.17, 15) is 0 Å². The number of hydrogen-bond donors (Lipinski definition) is 2. The van der Waals surface area contributed by atoms with Gasteiger partial charge >= 0.3 is 0 Å². The first kappa shape index (κ1) is 12.6. The van der Waals surface area contributed by atoms with E-state index in [2.05, 4.69) is 22.4 Å². The first-order valence-electron chi connectivity index (χ1n) is 5.60. The molecule has 0 bridgehead atoms. The highest BCUT2D eigenvalue weighted by Gasteiger charge is 2.29. The molecule has 0 spiro atoms. The summed E-state index contributed by atoms with van der Waals surface area (Å²) in [6.45, 7) is 3.14. The lowest BCUT2D eigenvalue weighted by Gasteiger charge is -2.23. The molecule has 1 fully saturated rings. The van der Waals surface area contributed by atoms with Crippen molar-refractivity contribution >= 4 is 34.8 Å². The van der Waals surface area contributed by atoms with Crippen LogP contribution in [0.4, 0.5) is 5.82 Å². The van der Waals surface area contributed by atoms with E-state index >= 15 is 0 Å². The van der Waals surface area contributed by atoms with Crippen LogP contribution in [-0.4, -0.2) is 32.2 Å². The van der Waals surface area contributed by atoms with Crippen LogP contribution in [0.1, 0.15) is 25.3 Å². The number of anilines is 1. The number of rotatable bonds is 4. The van der Waals surface area contributed by atoms with Crippen LogP contribution in [0.3, 0.4) is 0 Å². The fourth-order valence-corrected chi connectivity index (χ4v) is 3.32. The first-order valence-corrected chi connectivity index (χ1v) is 6.99. The molecule has 0 amide bonds. The molecule has 17 heavy (non-hydrogen) atoms. The molecule has 2 rings (SSSR count). The molecule has 1 unspecified atom stereocenters. The number of thiocarbonyl (C=S) groups is 1. The monoisotopic (exact) mass is 268 g/mol. The topological polar surface area (TPSA) is 63.8 Å². The molecule has 1 aromatic rings. The van der Waals surface area contributed by atoms with Crippen molar-refractivity contribution in [3.05, 3.63) is 17.8 Å². The Labute approximate surface area is 111 Å². The van der Waals surface area contributed by atoms with Crippen molar-refractivity contribution in [1.82, 2.24) is 10.2 Å². The summed E-state index contributed by atoms with van der Waals surface area (Å²) in [4.78, 5) is 0.353. The van der Waals surface area contributed by atoms with Gasteiger partial charge in [-0.2, -0.15) is 16.9 Å². The van der Waals surface area contributed by atoms with Gasteiger partial charge in [-0.1, -0.05) is 12.2 Å². The van der Waals surface area contributed by atoms with Gasteiger partial charge < -0.3 is 11.1 Å². The summed E-state index contributed by atoms with van der Waals surface area (Å²) < 4.78 is 0.283. The molecule has 4 nitrogen and oxygen atoms in total. The van der Waals surface area contributed by atoms with E-state index in [1.54, 1.807) is 12.3 Å². The quantitative estimate of drug-likeness (QED) is 0.812. The smallest absolute Gasteiger partial charge is 0.158 e. The lowest BCUT2D eigenvalue weighted by Crippen LogP contribution is -2.28. The molecule has 2 heterocycles. The molecule has 0 saturated carbocycles. The van der Waals surface area contributed by atoms with Gasteiger partial charge in [0, 0.05) is 11.3 Å². The highest BCUT2D eigenvalue weighted by molar-refractivity contribution is 8.00. The zero-order valence-electron chi connectivity index (χ0n) is 9.77. The average molecular weight is 268 g/mol. The number of aromatic nitrogens is 2. The Balaban J connectivity index is 2.06. The normalized spacial score (nSPS) is 23.6. The zero-order chi connectivity index (χ0) is 12.3. The van der Waals surface area contributed by atoms with E-state index in [0.29, 0.717) is 10.8 Å². The Bertz CT molecular complexity index is 416. The molecule has 3 N–H and O–H groups in total. The minimum Gasteiger partial charge on any atom is -0.389 e. The lowest BCUT2D eigenvalue weighted by molar-refractivity contribution is 0.633. The van der Waals surface area contributed by atoms with Gasteiger partial charge in [0.2, 0.25) is 0 Å². The summed E-state index contributed by atoms with van der Waals surface area (Å²) in [6.07, 6.45) is 4.12. The summed E-state index contributed by atoms with van der Waals surface area (Å²) in [7, 11) is 0. The average Bonchev–Trinajstić information content (AvgIpc) is 2.74. The number of nitrogens with one attached hydrogen (secondary N) is 1. The third-order valence-corrected chi connectivity index (χ3v) is 4.67. The van der Waals surface area contributed by atoms with Crippen LogP contribution in [0.25, 0.3) is 0 Å². The van der Waals surface area contributed by atoms with Crippen LogP contribution in [0, 0.1) is 0 Å². The summed E-state index contributed by atoms with van der Waals surface area (Å²) >= 11 is 6.99. The van der Waals surface area contributed by atoms with Crippen LogP contribution in [0.15, 0.2) is 12.3 Å². The van der Waals surface area contributed by atoms with Crippen molar-refractivity contribution in [2.75, 3.05) is 17.6 Å². The van der Waals surface area contributed by atoms with Gasteiger partial charge in [0.25, 0.3) is 0 Å². The second-order valence-corrected chi connectivity index (χ2v) is 6.54. The van der Waals surface area contributed by atoms with Gasteiger partial charge in [0.05, 0.1) is 11.8 Å². The largest absolute Gasteiger partial charge is 0.389 e. The molecule has 6 heteroatoms. The molecular weight excluding hydrogens is 252 g/mol. The molecule has 0 aromatic carbocycles. The van der Waals surface area contributed by atoms with Crippen molar-refractivity contribution in [3.63, 3.8) is 0 Å². The summed E-state index contributed by atoms with van der Waals surface area (Å²) in [6, 6.07) is 1.79. The van der Waals surface area contributed by atoms with Gasteiger partial charge in [-0.3, -0.25) is 0 Å². The zero-order valence-corrected chi connectivity index (χ0v) is 11.4. The van der Waals surface area contributed by atoms with Crippen molar-refractivity contribution in [1.29, 1.82) is 0 Å². The number of nitrogens with zero attached hydrogens (tertiary/aromatic N) is 2. The molecule has 1 atom stereocenters. The molecule has 1 saturated heterocycles. The molecule has 0 radical (unpaired) electrons. The second-order valence-electron chi connectivity index (χ2n) is 4.41. The molecule has 92 valence electrons. The van der Waals surface area contributed by atoms with Crippen molar-refractivity contribution in [2.45, 2.75) is 24.5 Å². The Morgan fingerprint density at radius 1 is 1.71 bits per heavy atom. The van der Waals surface area contributed by atoms with E-state index in [-0.39, 0.29) is 4.75 Å². The number of nitrogens with two attached hydrogens (primary N) is 1. The summed E-state index contributed by atoms with van der Waals surface area (Å²) in [5.74, 6) is 1.93. The van der Waals surface area contributed by atoms with Crippen LogP contribution < -0.4 is 11.1 Å². The fourth-order valence-electron chi connectivity index (χ4n) is 1.91. The van der Waals surface area contributed by atoms with Gasteiger partial charge in [-0.05, 0) is 31.6 Å². The highest BCUT2D eigenvalue weighted by Crippen LogP contribution is 2.37. The van der Waals surface area contributed by atoms with Gasteiger partial charge in [-0.25, -0.2) is 0 Å². The summed E-state index contributed by atoms with van der Waals surface area (Å²) in [5.41, 5.74) is 6.42. The maximum Gasteiger partial charge on any atom is 0.158 e. The molecule has 1 aliphatic heterocycles. The van der Waals surface area contributed by atoms with Crippen LogP contribution in [0.2, 0.25) is 0 Å². The minimum absolute atomic E-state index is 0.283. The third-order valence-electron chi connectivity index (χ3n) is 2.92. The van der Waals surface area contributed by atoms with Crippen LogP contribution in [-0.2, 0) is 0 Å². The predicted octanol–water partition coefficient (Wildman–Crippen LogP) is 1.81. The Morgan fingerprint density at radius 2 is 2.53 bits per heavy atom. The standard InChI is InChI=1S/C11H16N4S2/c1-11(4-2-6-17-11)7-13-10-8(9(12)16)3-5-14-15-10/h3,5H,2,4,6-7H2,1H3,(H2,12,16)(H,13,15). The van der Waals surface area contributed by atoms with E-state index in [1.807, 2.05) is 11.8 Å². The maximum absolute atomic E-state index is 5.65. The summed E-state index contributed by atoms with van der Waals surface area (Å²) in [5, 5.41) is 11.2. The van der Waals surface area contributed by atoms with Crippen molar-refractivity contribution in [2.24, 2.45) is 5.73 Å². The van der Waals surface area contributed by atoms with Gasteiger partial charge in [-0.15, -0.1) is 5.10 Å². The highest BCUT2D eigenvalue weighted by atomic mass is 32.2. The molecule has 1 aliphatic rings. The Hall–Kier alpha value is -0.880. The maximum atomic E-state index is 5.65. The predicted molar refractivity (Wildman–Crippen MR) is 76.5 cm³/mol. The van der Waals surface area contributed by atoms with E-state index in [0.717, 1.165) is 12.1 Å². The third kappa shape index (κ3) is 3.07. The molecule has 0 aliphatic carbocycles. The van der Waals surface area contributed by atoms with E-state index in [4.69, 9.17) is 18.0 Å². The van der Waals surface area contributed by atoms with E-state index < -0.39 is 0 Å². The van der Waals surface area contributed by atoms with Crippen molar-refractivity contribution < 1.29 is 0 Å².